The van der Waals surface area contributed by atoms with Crippen molar-refractivity contribution < 1.29 is 73.0 Å². The van der Waals surface area contributed by atoms with Crippen molar-refractivity contribution in [3.8, 4) is 11.1 Å². The van der Waals surface area contributed by atoms with Crippen LogP contribution in [0.15, 0.2) is 42.7 Å². The number of likely N-dealkylation sites (tertiary alicyclic amines) is 1. The van der Waals surface area contributed by atoms with Gasteiger partial charge >= 0.3 is 12.1 Å². The highest BCUT2D eigenvalue weighted by Gasteiger charge is 2.43. The van der Waals surface area contributed by atoms with E-state index in [9.17, 15) is 38.7 Å². The molecule has 3 fully saturated rings. The van der Waals surface area contributed by atoms with Crippen molar-refractivity contribution in [3.63, 3.8) is 0 Å². The van der Waals surface area contributed by atoms with Crippen LogP contribution in [0.5, 0.6) is 0 Å². The molecule has 6 amide bonds. The summed E-state index contributed by atoms with van der Waals surface area (Å²) in [6.07, 6.45) is 11.0. The van der Waals surface area contributed by atoms with Gasteiger partial charge in [0.05, 0.1) is 50.0 Å². The third-order valence-corrected chi connectivity index (χ3v) is 16.8. The Morgan fingerprint density at radius 3 is 2.31 bits per heavy atom. The van der Waals surface area contributed by atoms with Gasteiger partial charge < -0.3 is 55.9 Å². The minimum absolute atomic E-state index is 0.00113. The van der Waals surface area contributed by atoms with Crippen molar-refractivity contribution in [1.82, 2.24) is 35.6 Å². The number of hydrogen-bond donors (Lipinski definition) is 8. The number of aromatic carboxylic acids is 1. The molecule has 2 saturated heterocycles. The second kappa shape index (κ2) is 34.0. The lowest BCUT2D eigenvalue weighted by Gasteiger charge is -2.47. The van der Waals surface area contributed by atoms with Gasteiger partial charge in [-0.15, -0.1) is 11.8 Å². The first-order valence-corrected chi connectivity index (χ1v) is 30.3. The molecule has 24 heteroatoms. The monoisotopic (exact) mass is 1210 g/mol. The number of alkyl carbamates (subject to hydrolysis) is 1. The van der Waals surface area contributed by atoms with Crippen LogP contribution < -0.4 is 21.3 Å². The average molecular weight is 1210 g/mol. The third kappa shape index (κ3) is 23.0. The molecule has 8 N–H and O–H groups in total. The van der Waals surface area contributed by atoms with E-state index in [1.165, 1.54) is 30.8 Å². The first-order valence-electron chi connectivity index (χ1n) is 29.4. The maximum atomic E-state index is 13.2. The highest BCUT2D eigenvalue weighted by Crippen LogP contribution is 2.52. The molecular weight excluding hydrogens is 1120 g/mol. The molecule has 6 rings (SSSR count). The minimum Gasteiger partial charge on any atom is -0.483 e. The highest BCUT2D eigenvalue weighted by atomic mass is 32.2. The first-order chi connectivity index (χ1) is 40.2. The Hall–Kier alpha value is -6.47. The normalized spacial score (nSPS) is 20.5. The summed E-state index contributed by atoms with van der Waals surface area (Å²) in [7, 11) is 0. The molecule has 1 aliphatic carbocycles. The fraction of sp³-hybridized carbons (Fsp3) is 0.639. The van der Waals surface area contributed by atoms with Crippen LogP contribution in [-0.2, 0) is 62.6 Å². The number of pyridine rings is 1. The minimum atomic E-state index is -1.09. The van der Waals surface area contributed by atoms with E-state index in [1.54, 1.807) is 50.4 Å². The average Bonchev–Trinajstić information content (AvgIpc) is 2.79. The smallest absolute Gasteiger partial charge is 0.407 e. The molecule has 7 unspecified atom stereocenters. The van der Waals surface area contributed by atoms with E-state index in [0.29, 0.717) is 50.5 Å². The quantitative estimate of drug-likeness (QED) is 0.0218. The van der Waals surface area contributed by atoms with Crippen molar-refractivity contribution in [2.24, 2.45) is 22.2 Å². The number of rotatable bonds is 27. The summed E-state index contributed by atoms with van der Waals surface area (Å²) < 4.78 is 18.4. The number of carboxylic acid groups (broad SMARTS) is 2. The van der Waals surface area contributed by atoms with Crippen LogP contribution in [0.3, 0.4) is 0 Å². The molecule has 7 atom stereocenters. The zero-order chi connectivity index (χ0) is 63.1. The number of thioether (sulfide) groups is 1. The molecule has 4 heterocycles. The Labute approximate surface area is 503 Å². The standard InChI is InChI=1S/C55H80N8O10S.C5H10O3.CH2O2/c1-11-15-36(5)74-43-27-46(66)62(50(43)68)30-45(65)61-47(35(3)4)49(67)58-29-44(64)60-40-18-17-39(38(12-2)26-40)31-73-52(71)57-23-25-72-24-21-55(10,33-54(9)20-14-19-53(7,8)32-54)34-63-37(6)42(28-59-63)41-16-13-22-56-48(41)51(69)70;6-4-1-5(7)3-8-2-4;2-1-3/h13,16-18,22,26,28,35-36,43,47H,11-12,14-15,19-21,23-25,27,29-34H2,1-10H3,(H,57,71)(H,58,67)(H,60,64)(H,61,65)(H,69,70);4-7H,1-3H2;1H,(H,2,3). The van der Waals surface area contributed by atoms with Crippen molar-refractivity contribution >= 4 is 65.5 Å². The lowest BCUT2D eigenvalue weighted by molar-refractivity contribution is -0.142. The van der Waals surface area contributed by atoms with Gasteiger partial charge in [0, 0.05) is 66.5 Å². The van der Waals surface area contributed by atoms with Gasteiger partial charge in [0.1, 0.15) is 19.2 Å². The predicted octanol–water partition coefficient (Wildman–Crippen LogP) is 6.92. The number of benzene rings is 1. The van der Waals surface area contributed by atoms with Gasteiger partial charge in [-0.2, -0.15) is 5.10 Å². The fourth-order valence-electron chi connectivity index (χ4n) is 11.6. The topological polar surface area (TPSA) is 327 Å². The van der Waals surface area contributed by atoms with Crippen molar-refractivity contribution in [2.45, 2.75) is 182 Å². The summed E-state index contributed by atoms with van der Waals surface area (Å²) in [6.45, 7) is 22.1. The Balaban J connectivity index is 0.00000127. The maximum Gasteiger partial charge on any atom is 0.407 e. The summed E-state index contributed by atoms with van der Waals surface area (Å²) in [5.41, 5.74) is 4.38. The number of aliphatic hydroxyl groups excluding tert-OH is 2. The number of imide groups is 1. The molecule has 3 aromatic rings. The van der Waals surface area contributed by atoms with E-state index in [1.807, 2.05) is 25.5 Å². The lowest BCUT2D eigenvalue weighted by atomic mass is 9.59. The molecule has 2 aliphatic heterocycles. The SMILES string of the molecule is CCCC(C)SC1CC(=O)N(CC(=O)NC(C(=O)NCC(=O)Nc2ccc(COC(=O)NCCOCCC(C)(Cn3ncc(-c4cccnc4C(=O)O)c3C)CC3(C)CCCC(C)(C)C3)c(CC)c2)C(C)C)C1=O.O=CO.OC1COCC(O)C1. The summed E-state index contributed by atoms with van der Waals surface area (Å²) in [4.78, 5) is 103. The molecule has 1 saturated carbocycles. The number of aromatic nitrogens is 3. The van der Waals surface area contributed by atoms with E-state index >= 15 is 0 Å². The van der Waals surface area contributed by atoms with Crippen LogP contribution in [0, 0.1) is 29.1 Å². The Bertz CT molecular complexity index is 2710. The van der Waals surface area contributed by atoms with Crippen molar-refractivity contribution in [2.75, 3.05) is 51.4 Å². The fourth-order valence-corrected chi connectivity index (χ4v) is 13.0. The molecule has 23 nitrogen and oxygen atoms in total. The molecule has 472 valence electrons. The molecule has 0 radical (unpaired) electrons. The second-order valence-corrected chi connectivity index (χ2v) is 25.8. The number of carbonyl (C=O) groups is 8. The maximum absolute atomic E-state index is 13.2. The number of carbonyl (C=O) groups excluding carboxylic acids is 6. The van der Waals surface area contributed by atoms with Gasteiger partial charge in [-0.3, -0.25) is 38.3 Å². The van der Waals surface area contributed by atoms with Crippen LogP contribution in [0.25, 0.3) is 11.1 Å². The number of nitrogens with one attached hydrogen (secondary N) is 4. The van der Waals surface area contributed by atoms with Gasteiger partial charge in [0.2, 0.25) is 29.5 Å². The van der Waals surface area contributed by atoms with Gasteiger partial charge in [0.25, 0.3) is 6.47 Å². The zero-order valence-corrected chi connectivity index (χ0v) is 52.0. The van der Waals surface area contributed by atoms with Crippen LogP contribution >= 0.6 is 11.8 Å². The van der Waals surface area contributed by atoms with Gasteiger partial charge in [0.15, 0.2) is 5.69 Å². The molecule has 0 spiro atoms. The van der Waals surface area contributed by atoms with Crippen molar-refractivity contribution in [1.29, 1.82) is 0 Å². The molecule has 0 bridgehead atoms. The van der Waals surface area contributed by atoms with E-state index in [4.69, 9.17) is 39.4 Å². The number of nitrogens with zero attached hydrogens (tertiary/aromatic N) is 4. The van der Waals surface area contributed by atoms with Gasteiger partial charge in [-0.1, -0.05) is 87.3 Å². The molecule has 1 aromatic carbocycles. The Morgan fingerprint density at radius 2 is 1.68 bits per heavy atom. The van der Waals surface area contributed by atoms with Crippen LogP contribution in [0.2, 0.25) is 0 Å². The second-order valence-electron chi connectivity index (χ2n) is 24.2. The largest absolute Gasteiger partial charge is 0.483 e. The third-order valence-electron chi connectivity index (χ3n) is 15.4. The lowest BCUT2D eigenvalue weighted by Crippen LogP contribution is -2.53. The highest BCUT2D eigenvalue weighted by molar-refractivity contribution is 8.01. The zero-order valence-electron chi connectivity index (χ0n) is 51.2. The van der Waals surface area contributed by atoms with E-state index < -0.39 is 71.6 Å². The number of amides is 6. The molecule has 85 heavy (non-hydrogen) atoms. The molecule has 3 aliphatic rings. The Morgan fingerprint density at radius 1 is 0.976 bits per heavy atom. The van der Waals surface area contributed by atoms with Crippen LogP contribution in [0.1, 0.15) is 154 Å². The van der Waals surface area contributed by atoms with Gasteiger partial charge in [-0.05, 0) is 103 Å². The van der Waals surface area contributed by atoms with Crippen molar-refractivity contribution in [3.05, 3.63) is 65.2 Å². The Kier molecular flexibility index (Phi) is 28.4. The number of carboxylic acids is 1. The number of anilines is 1. The van der Waals surface area contributed by atoms with Crippen LogP contribution in [-0.4, -0.2) is 163 Å². The summed E-state index contributed by atoms with van der Waals surface area (Å²) in [6, 6.07) is 7.70. The number of aliphatic hydroxyl groups is 2. The number of hydrogen-bond acceptors (Lipinski definition) is 16. The van der Waals surface area contributed by atoms with E-state index in [-0.39, 0.29) is 72.3 Å². The van der Waals surface area contributed by atoms with Crippen LogP contribution in [0.4, 0.5) is 10.5 Å². The number of ether oxygens (including phenoxy) is 3. The predicted molar refractivity (Wildman–Crippen MR) is 321 cm³/mol. The molecular formula is C61H92N8O15S. The van der Waals surface area contributed by atoms with Gasteiger partial charge in [-0.25, -0.2) is 14.6 Å². The van der Waals surface area contributed by atoms with E-state index in [2.05, 4.69) is 60.9 Å². The summed E-state index contributed by atoms with van der Waals surface area (Å²) in [5, 5.41) is 49.5. The first kappa shape index (κ1) is 71.0. The summed E-state index contributed by atoms with van der Waals surface area (Å²) in [5.74, 6) is -4.00. The van der Waals surface area contributed by atoms with E-state index in [0.717, 1.165) is 65.8 Å². The molecule has 2 aromatic heterocycles. The number of aryl methyl sites for hydroxylation is 1. The summed E-state index contributed by atoms with van der Waals surface area (Å²) >= 11 is 1.44.